The Morgan fingerprint density at radius 1 is 1.16 bits per heavy atom. The van der Waals surface area contributed by atoms with Crippen molar-refractivity contribution in [2.24, 2.45) is 23.7 Å². The summed E-state index contributed by atoms with van der Waals surface area (Å²) in [7, 11) is 5.83. The van der Waals surface area contributed by atoms with E-state index >= 15 is 0 Å². The van der Waals surface area contributed by atoms with E-state index in [9.17, 15) is 4.79 Å². The number of rotatable bonds is 5. The van der Waals surface area contributed by atoms with Crippen LogP contribution in [0, 0.1) is 23.7 Å². The summed E-state index contributed by atoms with van der Waals surface area (Å²) >= 11 is 0. The van der Waals surface area contributed by atoms with E-state index in [0.29, 0.717) is 18.4 Å². The number of carbonyl (C=O) groups is 1. The lowest BCUT2D eigenvalue weighted by Gasteiger charge is -2.60. The lowest BCUT2D eigenvalue weighted by atomic mass is 9.49. The van der Waals surface area contributed by atoms with Gasteiger partial charge in [0, 0.05) is 39.0 Å². The topological polar surface area (TPSA) is 41.6 Å². The van der Waals surface area contributed by atoms with Crippen LogP contribution >= 0.6 is 0 Å². The summed E-state index contributed by atoms with van der Waals surface area (Å²) in [4.78, 5) is 14.7. The van der Waals surface area contributed by atoms with Gasteiger partial charge in [0.2, 0.25) is 0 Å². The number of nitrogens with one attached hydrogen (secondary N) is 1. The zero-order chi connectivity index (χ0) is 17.6. The van der Waals surface area contributed by atoms with E-state index in [1.165, 1.54) is 32.1 Å². The van der Waals surface area contributed by atoms with Crippen LogP contribution in [0.15, 0.2) is 24.3 Å². The fourth-order valence-electron chi connectivity index (χ4n) is 5.92. The maximum absolute atomic E-state index is 12.7. The monoisotopic (exact) mass is 342 g/mol. The van der Waals surface area contributed by atoms with Crippen LogP contribution in [0.5, 0.6) is 0 Å². The summed E-state index contributed by atoms with van der Waals surface area (Å²) in [5.41, 5.74) is 1.62. The van der Waals surface area contributed by atoms with Gasteiger partial charge in [0.25, 0.3) is 5.91 Å². The van der Waals surface area contributed by atoms with Crippen molar-refractivity contribution in [3.8, 4) is 0 Å². The van der Waals surface area contributed by atoms with Gasteiger partial charge in [-0.25, -0.2) is 0 Å². The molecule has 4 fully saturated rings. The molecule has 25 heavy (non-hydrogen) atoms. The van der Waals surface area contributed by atoms with Crippen LogP contribution in [0.25, 0.3) is 0 Å². The first kappa shape index (κ1) is 16.9. The van der Waals surface area contributed by atoms with Gasteiger partial charge in [0.05, 0.1) is 5.60 Å². The quantitative estimate of drug-likeness (QED) is 0.892. The number of nitrogens with zero attached hydrogens (tertiary/aromatic N) is 1. The predicted octanol–water partition coefficient (Wildman–Crippen LogP) is 3.32. The zero-order valence-electron chi connectivity index (χ0n) is 15.6. The van der Waals surface area contributed by atoms with Gasteiger partial charge in [-0.2, -0.15) is 0 Å². The number of hydrogen-bond donors (Lipinski definition) is 1. The van der Waals surface area contributed by atoms with E-state index in [1.807, 2.05) is 50.4 Å². The third-order valence-electron chi connectivity index (χ3n) is 7.05. The number of anilines is 1. The Labute approximate surface area is 150 Å². The Bertz CT molecular complexity index is 627. The molecule has 0 aromatic heterocycles. The largest absolute Gasteiger partial charge is 0.378 e. The van der Waals surface area contributed by atoms with Crippen molar-refractivity contribution < 1.29 is 9.53 Å². The van der Waals surface area contributed by atoms with Crippen LogP contribution in [-0.4, -0.2) is 39.3 Å². The SMILES string of the molecule is COC1(CNC(=O)c2cccc(N(C)C)c2)C2CC3CC(C2)CC1C3. The van der Waals surface area contributed by atoms with Crippen molar-refractivity contribution in [2.45, 2.75) is 37.7 Å². The molecule has 4 bridgehead atoms. The van der Waals surface area contributed by atoms with E-state index in [1.54, 1.807) is 0 Å². The lowest BCUT2D eigenvalue weighted by molar-refractivity contribution is -0.186. The summed E-state index contributed by atoms with van der Waals surface area (Å²) in [5, 5.41) is 3.20. The van der Waals surface area contributed by atoms with Gasteiger partial charge in [-0.15, -0.1) is 0 Å². The standard InChI is InChI=1S/C21H30N2O2/c1-23(2)19-6-4-5-16(12-19)20(24)22-13-21(25-3)17-8-14-7-15(10-17)11-18(21)9-14/h4-6,12,14-15,17-18H,7-11,13H2,1-3H3,(H,22,24). The molecule has 4 nitrogen and oxygen atoms in total. The molecule has 4 aliphatic rings. The Morgan fingerprint density at radius 3 is 2.36 bits per heavy atom. The third-order valence-corrected chi connectivity index (χ3v) is 7.05. The van der Waals surface area contributed by atoms with E-state index in [0.717, 1.165) is 23.1 Å². The second-order valence-electron chi connectivity index (χ2n) is 8.59. The smallest absolute Gasteiger partial charge is 0.251 e. The van der Waals surface area contributed by atoms with Crippen molar-refractivity contribution >= 4 is 11.6 Å². The van der Waals surface area contributed by atoms with Crippen LogP contribution in [0.2, 0.25) is 0 Å². The molecule has 5 rings (SSSR count). The molecule has 0 saturated heterocycles. The predicted molar refractivity (Wildman–Crippen MR) is 99.9 cm³/mol. The van der Waals surface area contributed by atoms with Crippen molar-refractivity contribution in [3.05, 3.63) is 29.8 Å². The first-order valence-corrected chi connectivity index (χ1v) is 9.62. The number of amides is 1. The normalized spacial score (nSPS) is 35.6. The number of carbonyl (C=O) groups excluding carboxylic acids is 1. The van der Waals surface area contributed by atoms with Gasteiger partial charge >= 0.3 is 0 Å². The molecule has 0 heterocycles. The average Bonchev–Trinajstić information content (AvgIpc) is 2.61. The van der Waals surface area contributed by atoms with Crippen LogP contribution in [0.1, 0.15) is 42.5 Å². The van der Waals surface area contributed by atoms with Crippen molar-refractivity contribution in [3.63, 3.8) is 0 Å². The second-order valence-corrected chi connectivity index (χ2v) is 8.59. The van der Waals surface area contributed by atoms with Crippen LogP contribution < -0.4 is 10.2 Å². The van der Waals surface area contributed by atoms with Gasteiger partial charge in [-0.1, -0.05) is 6.07 Å². The maximum Gasteiger partial charge on any atom is 0.251 e. The minimum Gasteiger partial charge on any atom is -0.378 e. The van der Waals surface area contributed by atoms with Crippen molar-refractivity contribution in [1.29, 1.82) is 0 Å². The molecule has 0 aliphatic heterocycles. The molecule has 1 N–H and O–H groups in total. The molecule has 4 aliphatic carbocycles. The fourth-order valence-corrected chi connectivity index (χ4v) is 5.92. The van der Waals surface area contributed by atoms with Gasteiger partial charge in [-0.05, 0) is 74.0 Å². The third kappa shape index (κ3) is 2.84. The van der Waals surface area contributed by atoms with E-state index < -0.39 is 0 Å². The van der Waals surface area contributed by atoms with Crippen LogP contribution in [0.3, 0.4) is 0 Å². The average molecular weight is 342 g/mol. The van der Waals surface area contributed by atoms with E-state index in [4.69, 9.17) is 4.74 Å². The van der Waals surface area contributed by atoms with Gasteiger partial charge in [0.1, 0.15) is 0 Å². The summed E-state index contributed by atoms with van der Waals surface area (Å²) in [6, 6.07) is 7.80. The molecule has 136 valence electrons. The minimum absolute atomic E-state index is 0.00827. The first-order valence-electron chi connectivity index (χ1n) is 9.62. The van der Waals surface area contributed by atoms with E-state index in [-0.39, 0.29) is 11.5 Å². The summed E-state index contributed by atoms with van der Waals surface area (Å²) in [5.74, 6) is 3.04. The van der Waals surface area contributed by atoms with Crippen LogP contribution in [0.4, 0.5) is 5.69 Å². The highest BCUT2D eigenvalue weighted by atomic mass is 16.5. The highest BCUT2D eigenvalue weighted by molar-refractivity contribution is 5.95. The highest BCUT2D eigenvalue weighted by Crippen LogP contribution is 2.59. The maximum atomic E-state index is 12.7. The number of ether oxygens (including phenoxy) is 1. The number of benzene rings is 1. The molecule has 0 atom stereocenters. The molecule has 1 aromatic carbocycles. The van der Waals surface area contributed by atoms with Gasteiger partial charge < -0.3 is 15.0 Å². The molecule has 1 aromatic rings. The number of methoxy groups -OCH3 is 1. The molecule has 4 heteroatoms. The molecule has 0 unspecified atom stereocenters. The Morgan fingerprint density at radius 2 is 1.80 bits per heavy atom. The molecular weight excluding hydrogens is 312 g/mol. The molecular formula is C21H30N2O2. The Balaban J connectivity index is 1.48. The summed E-state index contributed by atoms with van der Waals surface area (Å²) in [6.07, 6.45) is 6.57. The fraction of sp³-hybridized carbons (Fsp3) is 0.667. The van der Waals surface area contributed by atoms with Crippen molar-refractivity contribution in [2.75, 3.05) is 32.6 Å². The van der Waals surface area contributed by atoms with Gasteiger partial charge in [-0.3, -0.25) is 4.79 Å². The Kier molecular flexibility index (Phi) is 4.27. The molecule has 4 saturated carbocycles. The van der Waals surface area contributed by atoms with Crippen molar-refractivity contribution in [1.82, 2.24) is 5.32 Å². The Hall–Kier alpha value is -1.55. The molecule has 1 amide bonds. The summed E-state index contributed by atoms with van der Waals surface area (Å²) < 4.78 is 6.14. The number of hydrogen-bond acceptors (Lipinski definition) is 3. The zero-order valence-corrected chi connectivity index (χ0v) is 15.6. The first-order chi connectivity index (χ1) is 12.0. The van der Waals surface area contributed by atoms with Gasteiger partial charge in [0.15, 0.2) is 0 Å². The van der Waals surface area contributed by atoms with E-state index in [2.05, 4.69) is 5.32 Å². The lowest BCUT2D eigenvalue weighted by Crippen LogP contribution is -2.63. The molecule has 0 radical (unpaired) electrons. The summed E-state index contributed by atoms with van der Waals surface area (Å²) in [6.45, 7) is 0.642. The molecule has 0 spiro atoms. The highest BCUT2D eigenvalue weighted by Gasteiger charge is 2.57. The van der Waals surface area contributed by atoms with Crippen LogP contribution in [-0.2, 0) is 4.74 Å². The second kappa shape index (κ2) is 6.31. The minimum atomic E-state index is -0.151.